The van der Waals surface area contributed by atoms with Gasteiger partial charge in [-0.25, -0.2) is 4.39 Å². The molecule has 0 fully saturated rings. The van der Waals surface area contributed by atoms with Crippen LogP contribution in [-0.2, 0) is 19.5 Å². The van der Waals surface area contributed by atoms with E-state index < -0.39 is 0 Å². The van der Waals surface area contributed by atoms with Crippen molar-refractivity contribution in [3.8, 4) is 11.3 Å². The second kappa shape index (κ2) is 5.63. The molecule has 0 spiro atoms. The second-order valence-corrected chi connectivity index (χ2v) is 5.69. The molecule has 6 heteroatoms. The molecule has 20 heavy (non-hydrogen) atoms. The minimum absolute atomic E-state index is 0.0297. The number of benzene rings is 1. The minimum atomic E-state index is -0.282. The van der Waals surface area contributed by atoms with Crippen LogP contribution < -0.4 is 5.32 Å². The average Bonchev–Trinajstić information content (AvgIpc) is 2.81. The number of nitrogens with zero attached hydrogens (tertiary/aromatic N) is 2. The zero-order valence-corrected chi connectivity index (χ0v) is 12.5. The Balaban J connectivity index is 2.15. The molecule has 0 saturated carbocycles. The summed E-state index contributed by atoms with van der Waals surface area (Å²) in [6.07, 6.45) is 0.845. The number of aromatic nitrogens is 2. The third kappa shape index (κ3) is 2.39. The van der Waals surface area contributed by atoms with Crippen LogP contribution in [0.1, 0.15) is 11.3 Å². The fourth-order valence-corrected chi connectivity index (χ4v) is 2.96. The molecule has 1 aliphatic rings. The summed E-state index contributed by atoms with van der Waals surface area (Å²) >= 11 is 3.37. The summed E-state index contributed by atoms with van der Waals surface area (Å²) in [7, 11) is 0. The maximum Gasteiger partial charge on any atom is 0.132 e. The predicted molar refractivity (Wildman–Crippen MR) is 77.8 cm³/mol. The lowest BCUT2D eigenvalue weighted by molar-refractivity contribution is 0.267. The highest BCUT2D eigenvalue weighted by atomic mass is 79.9. The van der Waals surface area contributed by atoms with E-state index in [-0.39, 0.29) is 12.4 Å². The zero-order valence-electron chi connectivity index (χ0n) is 10.9. The quantitative estimate of drug-likeness (QED) is 0.900. The van der Waals surface area contributed by atoms with Crippen LogP contribution in [0.25, 0.3) is 11.3 Å². The molecule has 106 valence electrons. The molecule has 1 aliphatic heterocycles. The summed E-state index contributed by atoms with van der Waals surface area (Å²) in [5.41, 5.74) is 3.28. The second-order valence-electron chi connectivity index (χ2n) is 4.77. The summed E-state index contributed by atoms with van der Waals surface area (Å²) in [6, 6.07) is 4.86. The van der Waals surface area contributed by atoms with E-state index in [9.17, 15) is 4.39 Å². The SMILES string of the molecule is OCCn1nc(-c2cc(Br)ccc2F)c2c1CCNC2. The highest BCUT2D eigenvalue weighted by molar-refractivity contribution is 9.10. The van der Waals surface area contributed by atoms with Gasteiger partial charge in [-0.1, -0.05) is 15.9 Å². The van der Waals surface area contributed by atoms with Crippen LogP contribution in [0.3, 0.4) is 0 Å². The van der Waals surface area contributed by atoms with E-state index in [1.165, 1.54) is 6.07 Å². The summed E-state index contributed by atoms with van der Waals surface area (Å²) in [5, 5.41) is 16.9. The van der Waals surface area contributed by atoms with Gasteiger partial charge >= 0.3 is 0 Å². The van der Waals surface area contributed by atoms with Gasteiger partial charge in [-0.2, -0.15) is 5.10 Å². The van der Waals surface area contributed by atoms with Gasteiger partial charge < -0.3 is 10.4 Å². The van der Waals surface area contributed by atoms with Gasteiger partial charge in [0.05, 0.1) is 13.2 Å². The number of aliphatic hydroxyl groups excluding tert-OH is 1. The third-order valence-electron chi connectivity index (χ3n) is 3.50. The fourth-order valence-electron chi connectivity index (χ4n) is 2.59. The third-order valence-corrected chi connectivity index (χ3v) is 4.00. The lowest BCUT2D eigenvalue weighted by atomic mass is 10.0. The Morgan fingerprint density at radius 3 is 3.10 bits per heavy atom. The normalized spacial score (nSPS) is 14.3. The summed E-state index contributed by atoms with van der Waals surface area (Å²) in [4.78, 5) is 0. The van der Waals surface area contributed by atoms with Crippen molar-refractivity contribution in [2.75, 3.05) is 13.2 Å². The van der Waals surface area contributed by atoms with E-state index in [4.69, 9.17) is 5.11 Å². The monoisotopic (exact) mass is 339 g/mol. The molecule has 0 radical (unpaired) electrons. The molecule has 2 N–H and O–H groups in total. The zero-order chi connectivity index (χ0) is 14.1. The van der Waals surface area contributed by atoms with E-state index in [1.54, 1.807) is 16.8 Å². The maximum atomic E-state index is 14.1. The Labute approximate surface area is 124 Å². The van der Waals surface area contributed by atoms with E-state index >= 15 is 0 Å². The van der Waals surface area contributed by atoms with Crippen molar-refractivity contribution in [3.05, 3.63) is 39.7 Å². The minimum Gasteiger partial charge on any atom is -0.394 e. The van der Waals surface area contributed by atoms with Crippen molar-refractivity contribution in [1.29, 1.82) is 0 Å². The molecular formula is C14H15BrFN3O. The lowest BCUT2D eigenvalue weighted by Gasteiger charge is -2.15. The highest BCUT2D eigenvalue weighted by Gasteiger charge is 2.23. The van der Waals surface area contributed by atoms with Crippen LogP contribution in [-0.4, -0.2) is 28.0 Å². The van der Waals surface area contributed by atoms with E-state index in [0.29, 0.717) is 24.3 Å². The molecule has 0 bridgehead atoms. The number of hydrogen-bond donors (Lipinski definition) is 2. The molecule has 2 aromatic rings. The molecule has 0 aliphatic carbocycles. The first-order valence-electron chi connectivity index (χ1n) is 6.56. The maximum absolute atomic E-state index is 14.1. The molecule has 4 nitrogen and oxygen atoms in total. The molecule has 2 heterocycles. The Hall–Kier alpha value is -1.24. The van der Waals surface area contributed by atoms with E-state index in [1.807, 2.05) is 0 Å². The van der Waals surface area contributed by atoms with E-state index in [0.717, 1.165) is 28.7 Å². The fraction of sp³-hybridized carbons (Fsp3) is 0.357. The number of rotatable bonds is 3. The summed E-state index contributed by atoms with van der Waals surface area (Å²) in [5.74, 6) is -0.282. The standard InChI is InChI=1S/C14H15BrFN3O/c15-9-1-2-12(16)10(7-9)14-11-8-17-4-3-13(11)19(18-14)5-6-20/h1-2,7,17,20H,3-6,8H2. The first-order valence-corrected chi connectivity index (χ1v) is 7.35. The molecule has 1 aromatic carbocycles. The van der Waals surface area contributed by atoms with Crippen LogP contribution in [0.15, 0.2) is 22.7 Å². The number of nitrogens with one attached hydrogen (secondary N) is 1. The molecule has 1 aromatic heterocycles. The van der Waals surface area contributed by atoms with Crippen LogP contribution in [0, 0.1) is 5.82 Å². The van der Waals surface area contributed by atoms with Gasteiger partial charge in [0.15, 0.2) is 0 Å². The first-order chi connectivity index (χ1) is 9.70. The number of fused-ring (bicyclic) bond motifs is 1. The molecule has 0 atom stereocenters. The predicted octanol–water partition coefficient (Wildman–Crippen LogP) is 2.09. The Morgan fingerprint density at radius 2 is 2.30 bits per heavy atom. The van der Waals surface area contributed by atoms with Gasteiger partial charge in [-0.15, -0.1) is 0 Å². The lowest BCUT2D eigenvalue weighted by Crippen LogP contribution is -2.25. The Morgan fingerprint density at radius 1 is 1.45 bits per heavy atom. The van der Waals surface area contributed by atoms with Crippen LogP contribution in [0.4, 0.5) is 4.39 Å². The van der Waals surface area contributed by atoms with Gasteiger partial charge in [-0.3, -0.25) is 4.68 Å². The number of halogens is 2. The summed E-state index contributed by atoms with van der Waals surface area (Å²) in [6.45, 7) is 2.03. The molecule has 0 unspecified atom stereocenters. The molecule has 3 rings (SSSR count). The first kappa shape index (κ1) is 13.7. The number of aliphatic hydroxyl groups is 1. The van der Waals surface area contributed by atoms with Crippen molar-refractivity contribution < 1.29 is 9.50 Å². The van der Waals surface area contributed by atoms with Crippen molar-refractivity contribution in [3.63, 3.8) is 0 Å². The van der Waals surface area contributed by atoms with Gasteiger partial charge in [0.25, 0.3) is 0 Å². The Bertz CT molecular complexity index is 642. The molecule has 0 saturated heterocycles. The molecule has 0 amide bonds. The average molecular weight is 340 g/mol. The van der Waals surface area contributed by atoms with Gasteiger partial charge in [0, 0.05) is 40.8 Å². The summed E-state index contributed by atoms with van der Waals surface area (Å²) < 4.78 is 16.7. The smallest absolute Gasteiger partial charge is 0.132 e. The van der Waals surface area contributed by atoms with E-state index in [2.05, 4.69) is 26.3 Å². The largest absolute Gasteiger partial charge is 0.394 e. The van der Waals surface area contributed by atoms with Gasteiger partial charge in [-0.05, 0) is 18.2 Å². The van der Waals surface area contributed by atoms with Crippen molar-refractivity contribution in [1.82, 2.24) is 15.1 Å². The van der Waals surface area contributed by atoms with Gasteiger partial charge in [0.1, 0.15) is 11.5 Å². The van der Waals surface area contributed by atoms with Crippen molar-refractivity contribution in [2.45, 2.75) is 19.5 Å². The highest BCUT2D eigenvalue weighted by Crippen LogP contribution is 2.31. The van der Waals surface area contributed by atoms with Gasteiger partial charge in [0.2, 0.25) is 0 Å². The van der Waals surface area contributed by atoms with Crippen LogP contribution >= 0.6 is 15.9 Å². The van der Waals surface area contributed by atoms with Crippen LogP contribution in [0.5, 0.6) is 0 Å². The topological polar surface area (TPSA) is 50.1 Å². The van der Waals surface area contributed by atoms with Crippen LogP contribution in [0.2, 0.25) is 0 Å². The number of hydrogen-bond acceptors (Lipinski definition) is 3. The Kier molecular flexibility index (Phi) is 3.87. The van der Waals surface area contributed by atoms with Crippen molar-refractivity contribution >= 4 is 15.9 Å². The van der Waals surface area contributed by atoms with Crippen molar-refractivity contribution in [2.24, 2.45) is 0 Å². The molecular weight excluding hydrogens is 325 g/mol.